The molecule has 22 heavy (non-hydrogen) atoms. The number of quaternary nitrogens is 1. The van der Waals surface area contributed by atoms with Gasteiger partial charge in [-0.25, -0.2) is 4.99 Å². The Balaban J connectivity index is 2.49. The van der Waals surface area contributed by atoms with Crippen LogP contribution < -0.4 is 5.32 Å². The molecule has 1 amide bonds. The van der Waals surface area contributed by atoms with Gasteiger partial charge in [0.1, 0.15) is 6.54 Å². The molecule has 0 radical (unpaired) electrons. The minimum atomic E-state index is 0.0416. The van der Waals surface area contributed by atoms with Crippen molar-refractivity contribution in [3.63, 3.8) is 0 Å². The zero-order valence-electron chi connectivity index (χ0n) is 14.8. The van der Waals surface area contributed by atoms with Gasteiger partial charge in [-0.1, -0.05) is 31.9 Å². The average molecular weight is 308 g/mol. The van der Waals surface area contributed by atoms with Crippen LogP contribution >= 0.6 is 0 Å². The van der Waals surface area contributed by atoms with E-state index in [0.717, 1.165) is 30.4 Å². The first-order valence-electron chi connectivity index (χ1n) is 8.87. The van der Waals surface area contributed by atoms with Crippen molar-refractivity contribution in [2.45, 2.75) is 78.6 Å². The molecule has 0 aromatic carbocycles. The fourth-order valence-corrected chi connectivity index (χ4v) is 3.35. The highest BCUT2D eigenvalue weighted by Crippen LogP contribution is 2.26. The predicted octanol–water partition coefficient (Wildman–Crippen LogP) is 3.63. The second-order valence-electron chi connectivity index (χ2n) is 6.34. The molecule has 4 heteroatoms. The van der Waals surface area contributed by atoms with Crippen molar-refractivity contribution in [2.24, 2.45) is 4.99 Å². The molecule has 0 saturated carbocycles. The number of rotatable bonds is 10. The van der Waals surface area contributed by atoms with Crippen molar-refractivity contribution in [2.75, 3.05) is 13.1 Å². The molecule has 1 aliphatic rings. The average Bonchev–Trinajstić information content (AvgIpc) is 2.90. The van der Waals surface area contributed by atoms with E-state index < -0.39 is 0 Å². The Kier molecular flexibility index (Phi) is 8.39. The Morgan fingerprint density at radius 3 is 2.73 bits per heavy atom. The van der Waals surface area contributed by atoms with Crippen LogP contribution in [0.3, 0.4) is 0 Å². The van der Waals surface area contributed by atoms with Crippen molar-refractivity contribution in [3.8, 4) is 0 Å². The van der Waals surface area contributed by atoms with E-state index in [-0.39, 0.29) is 18.2 Å². The highest BCUT2D eigenvalue weighted by Gasteiger charge is 2.42. The standard InChI is InChI=1S/C18H33N3O/c1-5-7-8-9-10-11-12-13-18-19-14-15-21(18,6-2)16(3)20-17(4)22/h10-11,14,16,18H,5-9,12-13,15H2,1-4H3/p+1/b11-10+. The zero-order valence-corrected chi connectivity index (χ0v) is 14.8. The molecule has 0 bridgehead atoms. The predicted molar refractivity (Wildman–Crippen MR) is 93.7 cm³/mol. The number of hydrogen-bond donors (Lipinski definition) is 1. The number of allylic oxidation sites excluding steroid dienone is 2. The Morgan fingerprint density at radius 2 is 2.09 bits per heavy atom. The summed E-state index contributed by atoms with van der Waals surface area (Å²) in [6.45, 7) is 10.0. The van der Waals surface area contributed by atoms with E-state index >= 15 is 0 Å². The first kappa shape index (κ1) is 18.9. The zero-order chi connectivity index (χ0) is 16.4. The Hall–Kier alpha value is -1.16. The summed E-state index contributed by atoms with van der Waals surface area (Å²) in [6, 6.07) is 0. The van der Waals surface area contributed by atoms with Crippen LogP contribution in [-0.2, 0) is 4.79 Å². The third-order valence-corrected chi connectivity index (χ3v) is 4.80. The molecule has 0 aliphatic carbocycles. The molecule has 1 aliphatic heterocycles. The number of carbonyl (C=O) groups excluding carboxylic acids is 1. The summed E-state index contributed by atoms with van der Waals surface area (Å²) in [5.74, 6) is 0.0416. The molecule has 0 spiro atoms. The number of amides is 1. The lowest BCUT2D eigenvalue weighted by molar-refractivity contribution is -0.959. The number of hydrogen-bond acceptors (Lipinski definition) is 2. The van der Waals surface area contributed by atoms with Crippen molar-refractivity contribution in [3.05, 3.63) is 12.2 Å². The lowest BCUT2D eigenvalue weighted by Gasteiger charge is -2.42. The van der Waals surface area contributed by atoms with Crippen LogP contribution in [0.4, 0.5) is 0 Å². The molecule has 3 atom stereocenters. The Morgan fingerprint density at radius 1 is 1.36 bits per heavy atom. The van der Waals surface area contributed by atoms with Gasteiger partial charge < -0.3 is 5.32 Å². The molecule has 0 aromatic heterocycles. The number of carbonyl (C=O) groups is 1. The van der Waals surface area contributed by atoms with Gasteiger partial charge in [0, 0.05) is 20.3 Å². The third kappa shape index (κ3) is 5.24. The maximum Gasteiger partial charge on any atom is 0.221 e. The molecule has 1 heterocycles. The summed E-state index contributed by atoms with van der Waals surface area (Å²) in [5.41, 5.74) is 0. The lowest BCUT2D eigenvalue weighted by atomic mass is 10.1. The van der Waals surface area contributed by atoms with Crippen molar-refractivity contribution in [1.82, 2.24) is 5.32 Å². The van der Waals surface area contributed by atoms with Crippen LogP contribution in [-0.4, -0.2) is 42.0 Å². The monoisotopic (exact) mass is 308 g/mol. The van der Waals surface area contributed by atoms with Crippen LogP contribution in [0.15, 0.2) is 17.1 Å². The van der Waals surface area contributed by atoms with Crippen molar-refractivity contribution < 1.29 is 9.28 Å². The van der Waals surface area contributed by atoms with Crippen LogP contribution in [0.5, 0.6) is 0 Å². The summed E-state index contributed by atoms with van der Waals surface area (Å²) in [5, 5.41) is 3.07. The number of aliphatic imine (C=N–C) groups is 1. The maximum absolute atomic E-state index is 11.4. The number of nitrogens with zero attached hydrogens (tertiary/aromatic N) is 2. The smallest absolute Gasteiger partial charge is 0.221 e. The van der Waals surface area contributed by atoms with Gasteiger partial charge in [-0.3, -0.25) is 9.28 Å². The van der Waals surface area contributed by atoms with Gasteiger partial charge in [-0.05, 0) is 26.2 Å². The Labute approximate surface area is 136 Å². The number of nitrogens with one attached hydrogen (secondary N) is 1. The van der Waals surface area contributed by atoms with E-state index in [1.54, 1.807) is 6.92 Å². The first-order valence-corrected chi connectivity index (χ1v) is 8.87. The van der Waals surface area contributed by atoms with Crippen molar-refractivity contribution in [1.29, 1.82) is 0 Å². The summed E-state index contributed by atoms with van der Waals surface area (Å²) in [7, 11) is 0. The summed E-state index contributed by atoms with van der Waals surface area (Å²) >= 11 is 0. The molecule has 0 fully saturated rings. The summed E-state index contributed by atoms with van der Waals surface area (Å²) in [6.07, 6.45) is 14.3. The summed E-state index contributed by atoms with van der Waals surface area (Å²) in [4.78, 5) is 16.1. The minimum absolute atomic E-state index is 0.0416. The van der Waals surface area contributed by atoms with E-state index in [9.17, 15) is 4.79 Å². The number of unbranched alkanes of at least 4 members (excludes halogenated alkanes) is 3. The van der Waals surface area contributed by atoms with Crippen molar-refractivity contribution >= 4 is 12.1 Å². The maximum atomic E-state index is 11.4. The van der Waals surface area contributed by atoms with Gasteiger partial charge in [0.05, 0.1) is 12.8 Å². The summed E-state index contributed by atoms with van der Waals surface area (Å²) < 4.78 is 0.850. The van der Waals surface area contributed by atoms with Gasteiger partial charge in [0.25, 0.3) is 0 Å². The normalized spacial score (nSPS) is 25.7. The molecular formula is C18H34N3O+. The molecule has 1 N–H and O–H groups in total. The SMILES string of the molecule is CCCCC/C=C/CCC1N=CC[N+]1(CC)C(C)NC(C)=O. The highest BCUT2D eigenvalue weighted by atomic mass is 16.1. The largest absolute Gasteiger partial charge is 0.307 e. The fraction of sp³-hybridized carbons (Fsp3) is 0.778. The second kappa shape index (κ2) is 9.78. The van der Waals surface area contributed by atoms with E-state index in [4.69, 9.17) is 4.99 Å². The van der Waals surface area contributed by atoms with Crippen LogP contribution in [0.25, 0.3) is 0 Å². The van der Waals surface area contributed by atoms with Gasteiger partial charge in [-0.2, -0.15) is 0 Å². The van der Waals surface area contributed by atoms with E-state index in [0.29, 0.717) is 0 Å². The molecule has 1 rings (SSSR count). The highest BCUT2D eigenvalue weighted by molar-refractivity contribution is 5.73. The molecule has 0 saturated heterocycles. The molecule has 0 aromatic rings. The van der Waals surface area contributed by atoms with Crippen LogP contribution in [0, 0.1) is 0 Å². The van der Waals surface area contributed by atoms with Gasteiger partial charge in [0.15, 0.2) is 12.3 Å². The fourth-order valence-electron chi connectivity index (χ4n) is 3.35. The third-order valence-electron chi connectivity index (χ3n) is 4.80. The second-order valence-corrected chi connectivity index (χ2v) is 6.34. The molecule has 4 nitrogen and oxygen atoms in total. The van der Waals surface area contributed by atoms with Crippen LogP contribution in [0.2, 0.25) is 0 Å². The topological polar surface area (TPSA) is 41.5 Å². The van der Waals surface area contributed by atoms with E-state index in [1.807, 2.05) is 6.21 Å². The van der Waals surface area contributed by atoms with Gasteiger partial charge >= 0.3 is 0 Å². The van der Waals surface area contributed by atoms with Crippen LogP contribution in [0.1, 0.15) is 66.2 Å². The molecular weight excluding hydrogens is 274 g/mol. The van der Waals surface area contributed by atoms with Gasteiger partial charge in [-0.15, -0.1) is 0 Å². The quantitative estimate of drug-likeness (QED) is 0.374. The molecule has 3 unspecified atom stereocenters. The van der Waals surface area contributed by atoms with E-state index in [2.05, 4.69) is 38.2 Å². The Bertz CT molecular complexity index is 392. The molecule has 126 valence electrons. The van der Waals surface area contributed by atoms with E-state index in [1.165, 1.54) is 25.7 Å². The first-order chi connectivity index (χ1) is 10.6. The minimum Gasteiger partial charge on any atom is -0.307 e. The lowest BCUT2D eigenvalue weighted by Crippen LogP contribution is -2.63. The van der Waals surface area contributed by atoms with Gasteiger partial charge in [0.2, 0.25) is 5.91 Å².